The number of esters is 1. The number of methoxy groups -OCH3 is 1. The highest BCUT2D eigenvalue weighted by atomic mass is 32.2. The molecule has 3 rings (SSSR count). The van der Waals surface area contributed by atoms with E-state index in [4.69, 9.17) is 9.47 Å². The molecular formula is C24H24N2O6S. The average Bonchev–Trinajstić information content (AvgIpc) is 2.83. The van der Waals surface area contributed by atoms with Crippen LogP contribution in [0.1, 0.15) is 28.9 Å². The number of amides is 1. The lowest BCUT2D eigenvalue weighted by Crippen LogP contribution is -2.31. The van der Waals surface area contributed by atoms with Crippen LogP contribution in [0.2, 0.25) is 0 Å². The zero-order valence-electron chi connectivity index (χ0n) is 18.1. The number of benzene rings is 3. The van der Waals surface area contributed by atoms with Crippen molar-refractivity contribution in [3.05, 3.63) is 90.0 Å². The third-order valence-corrected chi connectivity index (χ3v) is 6.12. The van der Waals surface area contributed by atoms with Gasteiger partial charge in [0.15, 0.2) is 6.61 Å². The van der Waals surface area contributed by atoms with E-state index < -0.39 is 28.5 Å². The molecule has 0 radical (unpaired) electrons. The Balaban J connectivity index is 1.59. The van der Waals surface area contributed by atoms with Gasteiger partial charge in [0.1, 0.15) is 5.75 Å². The van der Waals surface area contributed by atoms with E-state index in [2.05, 4.69) is 10.0 Å². The maximum absolute atomic E-state index is 12.5. The molecule has 1 unspecified atom stereocenters. The van der Waals surface area contributed by atoms with Crippen LogP contribution in [-0.2, 0) is 19.6 Å². The minimum atomic E-state index is -3.80. The fraction of sp³-hybridized carbons (Fsp3) is 0.167. The van der Waals surface area contributed by atoms with Crippen LogP contribution in [0.15, 0.2) is 83.8 Å². The summed E-state index contributed by atoms with van der Waals surface area (Å²) in [7, 11) is -2.26. The Kier molecular flexibility index (Phi) is 7.68. The Hall–Kier alpha value is -3.85. The van der Waals surface area contributed by atoms with Gasteiger partial charge in [0.05, 0.1) is 23.6 Å². The fourth-order valence-corrected chi connectivity index (χ4v) is 4.19. The van der Waals surface area contributed by atoms with Gasteiger partial charge in [-0.1, -0.05) is 42.5 Å². The maximum Gasteiger partial charge on any atom is 0.338 e. The number of hydrogen-bond acceptors (Lipinski definition) is 6. The molecular weight excluding hydrogens is 444 g/mol. The van der Waals surface area contributed by atoms with Gasteiger partial charge in [-0.25, -0.2) is 13.2 Å². The van der Waals surface area contributed by atoms with Crippen molar-refractivity contribution in [2.75, 3.05) is 18.4 Å². The molecule has 1 amide bonds. The molecule has 0 aromatic heterocycles. The van der Waals surface area contributed by atoms with Crippen molar-refractivity contribution < 1.29 is 27.5 Å². The van der Waals surface area contributed by atoms with Crippen molar-refractivity contribution in [2.45, 2.75) is 17.9 Å². The minimum absolute atomic E-state index is 0.0961. The van der Waals surface area contributed by atoms with Gasteiger partial charge in [0, 0.05) is 11.3 Å². The Morgan fingerprint density at radius 2 is 1.64 bits per heavy atom. The second-order valence-electron chi connectivity index (χ2n) is 7.11. The van der Waals surface area contributed by atoms with E-state index >= 15 is 0 Å². The highest BCUT2D eigenvalue weighted by Gasteiger charge is 2.17. The van der Waals surface area contributed by atoms with Gasteiger partial charge in [0.2, 0.25) is 0 Å². The molecule has 2 N–H and O–H groups in total. The van der Waals surface area contributed by atoms with Crippen LogP contribution in [0.25, 0.3) is 0 Å². The highest BCUT2D eigenvalue weighted by molar-refractivity contribution is 7.92. The van der Waals surface area contributed by atoms with Crippen LogP contribution in [0, 0.1) is 0 Å². The van der Waals surface area contributed by atoms with Crippen LogP contribution in [0.3, 0.4) is 0 Å². The summed E-state index contributed by atoms with van der Waals surface area (Å²) in [4.78, 5) is 24.7. The number of sulfonamides is 1. The maximum atomic E-state index is 12.5. The van der Waals surface area contributed by atoms with Gasteiger partial charge < -0.3 is 14.8 Å². The summed E-state index contributed by atoms with van der Waals surface area (Å²) < 4.78 is 37.8. The minimum Gasteiger partial charge on any atom is -0.496 e. The average molecular weight is 469 g/mol. The zero-order valence-corrected chi connectivity index (χ0v) is 19.0. The lowest BCUT2D eigenvalue weighted by molar-refractivity contribution is -0.124. The predicted octanol–water partition coefficient (Wildman–Crippen LogP) is 3.53. The number of hydrogen-bond donors (Lipinski definition) is 2. The lowest BCUT2D eigenvalue weighted by atomic mass is 10.1. The molecule has 0 aliphatic rings. The Morgan fingerprint density at radius 1 is 0.939 bits per heavy atom. The first-order chi connectivity index (χ1) is 15.8. The molecule has 0 fully saturated rings. The van der Waals surface area contributed by atoms with E-state index in [1.54, 1.807) is 38.3 Å². The van der Waals surface area contributed by atoms with E-state index in [0.29, 0.717) is 5.75 Å². The van der Waals surface area contributed by atoms with Gasteiger partial charge in [0.25, 0.3) is 15.9 Å². The van der Waals surface area contributed by atoms with Crippen LogP contribution >= 0.6 is 0 Å². The normalized spacial score (nSPS) is 11.8. The smallest absolute Gasteiger partial charge is 0.338 e. The zero-order chi connectivity index (χ0) is 23.8. The van der Waals surface area contributed by atoms with Crippen molar-refractivity contribution >= 4 is 27.6 Å². The van der Waals surface area contributed by atoms with E-state index in [1.807, 2.05) is 18.2 Å². The summed E-state index contributed by atoms with van der Waals surface area (Å²) in [6, 6.07) is 20.6. The Morgan fingerprint density at radius 3 is 2.36 bits per heavy atom. The summed E-state index contributed by atoms with van der Waals surface area (Å²) in [5.74, 6) is -0.601. The van der Waals surface area contributed by atoms with Crippen LogP contribution < -0.4 is 14.8 Å². The molecule has 0 bridgehead atoms. The second kappa shape index (κ2) is 10.6. The van der Waals surface area contributed by atoms with E-state index in [0.717, 1.165) is 5.56 Å². The van der Waals surface area contributed by atoms with E-state index in [9.17, 15) is 18.0 Å². The first-order valence-corrected chi connectivity index (χ1v) is 11.6. The first kappa shape index (κ1) is 23.8. The standard InChI is InChI=1S/C24H24N2O6S/c1-17(21-13-6-7-14-22(21)31-2)25-23(27)16-32-24(28)18-9-8-10-19(15-18)26-33(29,30)20-11-4-3-5-12-20/h3-15,17,26H,16H2,1-2H3,(H,25,27). The number of ether oxygens (including phenoxy) is 2. The Labute approximate surface area is 192 Å². The van der Waals surface area contributed by atoms with Gasteiger partial charge in [-0.3, -0.25) is 9.52 Å². The van der Waals surface area contributed by atoms with Gasteiger partial charge >= 0.3 is 5.97 Å². The third kappa shape index (κ3) is 6.33. The molecule has 3 aromatic carbocycles. The van der Waals surface area contributed by atoms with E-state index in [-0.39, 0.29) is 22.2 Å². The third-order valence-electron chi connectivity index (χ3n) is 4.72. The molecule has 0 aliphatic carbocycles. The predicted molar refractivity (Wildman–Crippen MR) is 124 cm³/mol. The summed E-state index contributed by atoms with van der Waals surface area (Å²) in [5.41, 5.74) is 1.09. The Bertz CT molecular complexity index is 1230. The molecule has 0 saturated heterocycles. The number of carbonyl (C=O) groups excluding carboxylic acids is 2. The van der Waals surface area contributed by atoms with E-state index in [1.165, 1.54) is 36.4 Å². The fourth-order valence-electron chi connectivity index (χ4n) is 3.12. The molecule has 0 spiro atoms. The molecule has 0 heterocycles. The van der Waals surface area contributed by atoms with Crippen molar-refractivity contribution in [3.8, 4) is 5.75 Å². The number of anilines is 1. The first-order valence-electron chi connectivity index (χ1n) is 10.1. The number of rotatable bonds is 9. The van der Waals surface area contributed by atoms with Crippen molar-refractivity contribution in [1.82, 2.24) is 5.32 Å². The summed E-state index contributed by atoms with van der Waals surface area (Å²) in [6.07, 6.45) is 0. The van der Waals surface area contributed by atoms with Crippen molar-refractivity contribution in [1.29, 1.82) is 0 Å². The molecule has 0 saturated carbocycles. The molecule has 8 nitrogen and oxygen atoms in total. The molecule has 3 aromatic rings. The van der Waals surface area contributed by atoms with Crippen LogP contribution in [0.5, 0.6) is 5.75 Å². The lowest BCUT2D eigenvalue weighted by Gasteiger charge is -2.17. The second-order valence-corrected chi connectivity index (χ2v) is 8.79. The number of nitrogens with one attached hydrogen (secondary N) is 2. The molecule has 0 aliphatic heterocycles. The highest BCUT2D eigenvalue weighted by Crippen LogP contribution is 2.24. The monoisotopic (exact) mass is 468 g/mol. The summed E-state index contributed by atoms with van der Waals surface area (Å²) in [5, 5.41) is 2.75. The van der Waals surface area contributed by atoms with Crippen LogP contribution in [0.4, 0.5) is 5.69 Å². The van der Waals surface area contributed by atoms with Crippen molar-refractivity contribution in [2.24, 2.45) is 0 Å². The molecule has 172 valence electrons. The largest absolute Gasteiger partial charge is 0.496 e. The molecule has 1 atom stereocenters. The number of carbonyl (C=O) groups is 2. The SMILES string of the molecule is COc1ccccc1C(C)NC(=O)COC(=O)c1cccc(NS(=O)(=O)c2ccccc2)c1. The van der Waals surface area contributed by atoms with Gasteiger partial charge in [-0.2, -0.15) is 0 Å². The molecule has 33 heavy (non-hydrogen) atoms. The van der Waals surface area contributed by atoms with Gasteiger partial charge in [-0.05, 0) is 43.3 Å². The van der Waals surface area contributed by atoms with Gasteiger partial charge in [-0.15, -0.1) is 0 Å². The summed E-state index contributed by atoms with van der Waals surface area (Å²) >= 11 is 0. The summed E-state index contributed by atoms with van der Waals surface area (Å²) in [6.45, 7) is 1.30. The number of para-hydroxylation sites is 1. The molecule has 9 heteroatoms. The quantitative estimate of drug-likeness (QED) is 0.465. The van der Waals surface area contributed by atoms with Crippen LogP contribution in [-0.4, -0.2) is 34.0 Å². The topological polar surface area (TPSA) is 111 Å². The van der Waals surface area contributed by atoms with Crippen molar-refractivity contribution in [3.63, 3.8) is 0 Å².